The number of fused-ring (bicyclic) bond motifs is 1. The topological polar surface area (TPSA) is 75.7 Å². The van der Waals surface area contributed by atoms with Crippen LogP contribution in [0.2, 0.25) is 0 Å². The molecule has 0 spiro atoms. The predicted molar refractivity (Wildman–Crippen MR) is 99.9 cm³/mol. The Morgan fingerprint density at radius 2 is 1.74 bits per heavy atom. The van der Waals surface area contributed by atoms with Crippen LogP contribution in [0.1, 0.15) is 26.2 Å². The molecule has 27 heavy (non-hydrogen) atoms. The van der Waals surface area contributed by atoms with Crippen molar-refractivity contribution in [1.82, 2.24) is 4.90 Å². The van der Waals surface area contributed by atoms with Crippen molar-refractivity contribution in [1.29, 1.82) is 0 Å². The molecule has 1 saturated carbocycles. The number of anilines is 1. The van der Waals surface area contributed by atoms with Crippen LogP contribution in [-0.4, -0.2) is 35.8 Å². The SMILES string of the molecule is CC[C@H](C(=O)Nc1ccccc1OC)N1C(=O)[C@@H]2[C@H](C1=O)[C@H]1C=C[C@H]2CC1. The van der Waals surface area contributed by atoms with Crippen molar-refractivity contribution in [2.75, 3.05) is 12.4 Å². The molecular formula is C21H24N2O4. The fraction of sp³-hybridized carbons (Fsp3) is 0.476. The monoisotopic (exact) mass is 368 g/mol. The van der Waals surface area contributed by atoms with Gasteiger partial charge in [0.05, 0.1) is 24.6 Å². The van der Waals surface area contributed by atoms with Gasteiger partial charge in [-0.2, -0.15) is 0 Å². The molecule has 2 fully saturated rings. The highest BCUT2D eigenvalue weighted by molar-refractivity contribution is 6.10. The molecule has 1 aromatic rings. The Bertz CT molecular complexity index is 786. The van der Waals surface area contributed by atoms with Gasteiger partial charge in [-0.05, 0) is 43.2 Å². The third kappa shape index (κ3) is 2.74. The molecule has 2 bridgehead atoms. The van der Waals surface area contributed by atoms with Crippen molar-refractivity contribution < 1.29 is 19.1 Å². The van der Waals surface area contributed by atoms with Crippen LogP contribution in [0.4, 0.5) is 5.69 Å². The molecular weight excluding hydrogens is 344 g/mol. The summed E-state index contributed by atoms with van der Waals surface area (Å²) in [6.07, 6.45) is 6.43. The van der Waals surface area contributed by atoms with Crippen LogP contribution < -0.4 is 10.1 Å². The zero-order valence-electron chi connectivity index (χ0n) is 15.6. The second-order valence-corrected chi connectivity index (χ2v) is 7.50. The van der Waals surface area contributed by atoms with Gasteiger partial charge < -0.3 is 10.1 Å². The summed E-state index contributed by atoms with van der Waals surface area (Å²) in [7, 11) is 1.53. The average molecular weight is 368 g/mol. The van der Waals surface area contributed by atoms with Crippen LogP contribution in [0.3, 0.4) is 0 Å². The Labute approximate surface area is 158 Å². The molecule has 0 aromatic heterocycles. The minimum absolute atomic E-state index is 0.122. The number of hydrogen-bond donors (Lipinski definition) is 1. The smallest absolute Gasteiger partial charge is 0.247 e. The molecule has 3 aliphatic carbocycles. The fourth-order valence-corrected chi connectivity index (χ4v) is 4.85. The summed E-state index contributed by atoms with van der Waals surface area (Å²) in [5.74, 6) is -0.549. The van der Waals surface area contributed by atoms with E-state index in [0.717, 1.165) is 12.8 Å². The Hall–Kier alpha value is -2.63. The van der Waals surface area contributed by atoms with Gasteiger partial charge in [0, 0.05) is 0 Å². The first-order valence-electron chi connectivity index (χ1n) is 9.56. The highest BCUT2D eigenvalue weighted by Crippen LogP contribution is 2.50. The van der Waals surface area contributed by atoms with E-state index in [1.165, 1.54) is 12.0 Å². The number of benzene rings is 1. The van der Waals surface area contributed by atoms with Gasteiger partial charge in [0.2, 0.25) is 17.7 Å². The normalized spacial score (nSPS) is 29.6. The van der Waals surface area contributed by atoms with E-state index >= 15 is 0 Å². The molecule has 6 heteroatoms. The van der Waals surface area contributed by atoms with Crippen LogP contribution in [0, 0.1) is 23.7 Å². The largest absolute Gasteiger partial charge is 0.495 e. The summed E-state index contributed by atoms with van der Waals surface area (Å²) >= 11 is 0. The number of likely N-dealkylation sites (tertiary alicyclic amines) is 1. The summed E-state index contributed by atoms with van der Waals surface area (Å²) in [6.45, 7) is 1.82. The van der Waals surface area contributed by atoms with Crippen molar-refractivity contribution >= 4 is 23.4 Å². The van der Waals surface area contributed by atoms with Gasteiger partial charge in [0.15, 0.2) is 0 Å². The molecule has 142 valence electrons. The zero-order valence-corrected chi connectivity index (χ0v) is 15.6. The Balaban J connectivity index is 1.58. The summed E-state index contributed by atoms with van der Waals surface area (Å²) in [5, 5.41) is 2.82. The Morgan fingerprint density at radius 3 is 2.26 bits per heavy atom. The van der Waals surface area contributed by atoms with E-state index in [0.29, 0.717) is 17.9 Å². The number of hydrogen-bond acceptors (Lipinski definition) is 4. The molecule has 5 rings (SSSR count). The lowest BCUT2D eigenvalue weighted by Crippen LogP contribution is -2.47. The van der Waals surface area contributed by atoms with Gasteiger partial charge in [-0.15, -0.1) is 0 Å². The van der Waals surface area contributed by atoms with E-state index < -0.39 is 6.04 Å². The van der Waals surface area contributed by atoms with E-state index in [9.17, 15) is 14.4 Å². The Morgan fingerprint density at radius 1 is 1.15 bits per heavy atom. The molecule has 1 aliphatic heterocycles. The zero-order chi connectivity index (χ0) is 19.1. The number of rotatable bonds is 5. The number of methoxy groups -OCH3 is 1. The number of amides is 3. The minimum atomic E-state index is -0.806. The fourth-order valence-electron chi connectivity index (χ4n) is 4.85. The average Bonchev–Trinajstić information content (AvgIpc) is 2.97. The van der Waals surface area contributed by atoms with E-state index in [-0.39, 0.29) is 41.4 Å². The van der Waals surface area contributed by atoms with Gasteiger partial charge in [0.1, 0.15) is 11.8 Å². The number of para-hydroxylation sites is 2. The van der Waals surface area contributed by atoms with E-state index in [4.69, 9.17) is 4.74 Å². The van der Waals surface area contributed by atoms with Crippen LogP contribution in [0.5, 0.6) is 5.75 Å². The van der Waals surface area contributed by atoms with Gasteiger partial charge in [-0.1, -0.05) is 31.2 Å². The maximum Gasteiger partial charge on any atom is 0.247 e. The molecule has 1 aromatic carbocycles. The number of carbonyl (C=O) groups excluding carboxylic acids is 3. The van der Waals surface area contributed by atoms with E-state index in [2.05, 4.69) is 17.5 Å². The van der Waals surface area contributed by atoms with Crippen LogP contribution >= 0.6 is 0 Å². The summed E-state index contributed by atoms with van der Waals surface area (Å²) < 4.78 is 5.27. The number of carbonyl (C=O) groups is 3. The van der Waals surface area contributed by atoms with Crippen LogP contribution in [-0.2, 0) is 14.4 Å². The number of nitrogens with one attached hydrogen (secondary N) is 1. The quantitative estimate of drug-likeness (QED) is 0.640. The lowest BCUT2D eigenvalue weighted by Gasteiger charge is -2.38. The lowest BCUT2D eigenvalue weighted by atomic mass is 9.63. The second kappa shape index (κ2) is 6.83. The summed E-state index contributed by atoms with van der Waals surface area (Å²) in [4.78, 5) is 40.4. The van der Waals surface area contributed by atoms with Crippen LogP contribution in [0.15, 0.2) is 36.4 Å². The third-order valence-corrected chi connectivity index (χ3v) is 6.16. The number of allylic oxidation sites excluding steroid dienone is 2. The first-order chi connectivity index (χ1) is 13.1. The molecule has 0 radical (unpaired) electrons. The van der Waals surface area contributed by atoms with Crippen molar-refractivity contribution in [3.05, 3.63) is 36.4 Å². The second-order valence-electron chi connectivity index (χ2n) is 7.50. The van der Waals surface area contributed by atoms with Gasteiger partial charge in [0.25, 0.3) is 0 Å². The minimum Gasteiger partial charge on any atom is -0.495 e. The van der Waals surface area contributed by atoms with E-state index in [1.807, 2.05) is 13.0 Å². The third-order valence-electron chi connectivity index (χ3n) is 6.16. The highest BCUT2D eigenvalue weighted by Gasteiger charge is 2.58. The maximum absolute atomic E-state index is 13.1. The van der Waals surface area contributed by atoms with Crippen molar-refractivity contribution in [3.63, 3.8) is 0 Å². The van der Waals surface area contributed by atoms with Gasteiger partial charge >= 0.3 is 0 Å². The molecule has 5 atom stereocenters. The molecule has 1 saturated heterocycles. The first kappa shape index (κ1) is 17.8. The van der Waals surface area contributed by atoms with Crippen molar-refractivity contribution in [2.45, 2.75) is 32.2 Å². The molecule has 6 nitrogen and oxygen atoms in total. The highest BCUT2D eigenvalue weighted by atomic mass is 16.5. The van der Waals surface area contributed by atoms with Gasteiger partial charge in [-0.3, -0.25) is 19.3 Å². The summed E-state index contributed by atoms with van der Waals surface area (Å²) in [5.41, 5.74) is 0.529. The number of ether oxygens (including phenoxy) is 1. The maximum atomic E-state index is 13.1. The molecule has 3 amide bonds. The molecule has 0 unspecified atom stereocenters. The van der Waals surface area contributed by atoms with Crippen molar-refractivity contribution in [2.24, 2.45) is 23.7 Å². The number of imide groups is 1. The lowest BCUT2D eigenvalue weighted by molar-refractivity contribution is -0.146. The predicted octanol–water partition coefficient (Wildman–Crippen LogP) is 2.61. The van der Waals surface area contributed by atoms with Crippen LogP contribution in [0.25, 0.3) is 0 Å². The van der Waals surface area contributed by atoms with E-state index in [1.54, 1.807) is 18.2 Å². The van der Waals surface area contributed by atoms with Crippen molar-refractivity contribution in [3.8, 4) is 5.75 Å². The molecule has 4 aliphatic rings. The Kier molecular flexibility index (Phi) is 4.50. The summed E-state index contributed by atoms with van der Waals surface area (Å²) in [6, 6.07) is 6.29. The number of nitrogens with zero attached hydrogens (tertiary/aromatic N) is 1. The first-order valence-corrected chi connectivity index (χ1v) is 9.56. The standard InChI is InChI=1S/C21H24N2O4/c1-3-15(19(24)22-14-6-4-5-7-16(14)27-2)23-20(25)17-12-8-9-13(11-10-12)18(17)21(23)26/h4-9,12-13,15,17-18H,3,10-11H2,1-2H3,(H,22,24)/t12-,13-,15+,17-,18+/m0/s1. The van der Waals surface area contributed by atoms with Gasteiger partial charge in [-0.25, -0.2) is 0 Å². The molecule has 1 N–H and O–H groups in total. The molecule has 1 heterocycles.